The summed E-state index contributed by atoms with van der Waals surface area (Å²) in [5.74, 6) is 2.49. The fraction of sp³-hybridized carbons (Fsp3) is 0.609. The van der Waals surface area contributed by atoms with Crippen LogP contribution >= 0.6 is 0 Å². The molecule has 2 aromatic rings. The number of rotatable bonds is 8. The van der Waals surface area contributed by atoms with E-state index in [1.54, 1.807) is 7.11 Å². The van der Waals surface area contributed by atoms with Gasteiger partial charge in [-0.15, -0.1) is 0 Å². The lowest BCUT2D eigenvalue weighted by molar-refractivity contribution is 0.0124. The average Bonchev–Trinajstić information content (AvgIpc) is 3.18. The lowest BCUT2D eigenvalue weighted by Crippen LogP contribution is -2.57. The predicted molar refractivity (Wildman–Crippen MR) is 112 cm³/mol. The Bertz CT molecular complexity index is 781. The summed E-state index contributed by atoms with van der Waals surface area (Å²) in [6.07, 6.45) is 2.16. The van der Waals surface area contributed by atoms with E-state index in [0.717, 1.165) is 63.0 Å². The third-order valence-electron chi connectivity index (χ3n) is 6.73. The maximum atomic E-state index is 5.60. The Hall–Kier alpha value is -1.89. The summed E-state index contributed by atoms with van der Waals surface area (Å²) in [4.78, 5) is 2.36. The van der Waals surface area contributed by atoms with Gasteiger partial charge >= 0.3 is 0 Å². The third-order valence-corrected chi connectivity index (χ3v) is 6.73. The number of hydrogen-bond acceptors (Lipinski definition) is 6. The number of hydrogen-bond donors (Lipinski definition) is 1. The van der Waals surface area contributed by atoms with Gasteiger partial charge in [0.15, 0.2) is 5.76 Å². The van der Waals surface area contributed by atoms with E-state index in [0.29, 0.717) is 12.0 Å². The van der Waals surface area contributed by atoms with Crippen LogP contribution < -0.4 is 10.1 Å². The minimum atomic E-state index is 0.246. The summed E-state index contributed by atoms with van der Waals surface area (Å²) in [7, 11) is 1.70. The zero-order valence-corrected chi connectivity index (χ0v) is 17.8. The Morgan fingerprint density at radius 3 is 2.66 bits per heavy atom. The SMILES string of the molecule is COc1ccc(CN[C@H]2C[C@@H](Cc3cc(CN4CCOCC4)on3)C2(C)C)cc1. The van der Waals surface area contributed by atoms with Crippen LogP contribution in [0, 0.1) is 11.3 Å². The third kappa shape index (κ3) is 4.82. The first-order valence-electron chi connectivity index (χ1n) is 10.7. The molecule has 2 aliphatic rings. The molecule has 0 amide bonds. The van der Waals surface area contributed by atoms with Gasteiger partial charge < -0.3 is 19.3 Å². The fourth-order valence-electron chi connectivity index (χ4n) is 4.45. The van der Waals surface area contributed by atoms with Crippen LogP contribution in [0.4, 0.5) is 0 Å². The lowest BCUT2D eigenvalue weighted by Gasteiger charge is -2.52. The van der Waals surface area contributed by atoms with E-state index in [-0.39, 0.29) is 5.41 Å². The van der Waals surface area contributed by atoms with Crippen molar-refractivity contribution in [2.75, 3.05) is 33.4 Å². The van der Waals surface area contributed by atoms with Crippen LogP contribution in [0.2, 0.25) is 0 Å². The monoisotopic (exact) mass is 399 g/mol. The minimum absolute atomic E-state index is 0.246. The van der Waals surface area contributed by atoms with Gasteiger partial charge in [0.05, 0.1) is 32.6 Å². The van der Waals surface area contributed by atoms with Crippen molar-refractivity contribution in [1.29, 1.82) is 0 Å². The number of morpholine rings is 1. The molecule has 1 aliphatic heterocycles. The molecule has 29 heavy (non-hydrogen) atoms. The van der Waals surface area contributed by atoms with Crippen LogP contribution in [0.3, 0.4) is 0 Å². The zero-order chi connectivity index (χ0) is 20.3. The second-order valence-electron chi connectivity index (χ2n) is 8.91. The summed E-state index contributed by atoms with van der Waals surface area (Å²) in [5.41, 5.74) is 2.62. The Morgan fingerprint density at radius 2 is 1.97 bits per heavy atom. The summed E-state index contributed by atoms with van der Waals surface area (Å²) in [6, 6.07) is 11.0. The maximum absolute atomic E-state index is 5.60. The van der Waals surface area contributed by atoms with E-state index in [4.69, 9.17) is 14.0 Å². The first kappa shape index (κ1) is 20.4. The molecule has 1 N–H and O–H groups in total. The van der Waals surface area contributed by atoms with Crippen LogP contribution in [0.15, 0.2) is 34.9 Å². The Kier molecular flexibility index (Phi) is 6.23. The minimum Gasteiger partial charge on any atom is -0.497 e. The van der Waals surface area contributed by atoms with Crippen LogP contribution in [0.5, 0.6) is 5.75 Å². The van der Waals surface area contributed by atoms with Crippen molar-refractivity contribution in [3.8, 4) is 5.75 Å². The molecule has 0 bridgehead atoms. The van der Waals surface area contributed by atoms with Gasteiger partial charge in [0.25, 0.3) is 0 Å². The number of aromatic nitrogens is 1. The van der Waals surface area contributed by atoms with Crippen LogP contribution in [-0.2, 0) is 24.2 Å². The number of nitrogens with one attached hydrogen (secondary N) is 1. The molecule has 2 heterocycles. The summed E-state index contributed by atoms with van der Waals surface area (Å²) in [5, 5.41) is 8.07. The summed E-state index contributed by atoms with van der Waals surface area (Å²) in [6.45, 7) is 9.99. The van der Waals surface area contributed by atoms with E-state index < -0.39 is 0 Å². The highest BCUT2D eigenvalue weighted by molar-refractivity contribution is 5.27. The van der Waals surface area contributed by atoms with E-state index >= 15 is 0 Å². The summed E-state index contributed by atoms with van der Waals surface area (Å²) >= 11 is 0. The van der Waals surface area contributed by atoms with Crippen LogP contribution in [0.1, 0.15) is 37.3 Å². The largest absolute Gasteiger partial charge is 0.497 e. The van der Waals surface area contributed by atoms with Gasteiger partial charge in [-0.05, 0) is 41.9 Å². The zero-order valence-electron chi connectivity index (χ0n) is 17.8. The molecule has 1 aromatic heterocycles. The highest BCUT2D eigenvalue weighted by Gasteiger charge is 2.47. The van der Waals surface area contributed by atoms with Crippen molar-refractivity contribution in [3.63, 3.8) is 0 Å². The average molecular weight is 400 g/mol. The highest BCUT2D eigenvalue weighted by Crippen LogP contribution is 2.47. The Labute approximate surface area is 173 Å². The van der Waals surface area contributed by atoms with Gasteiger partial charge in [0, 0.05) is 31.7 Å². The van der Waals surface area contributed by atoms with Gasteiger partial charge in [-0.25, -0.2) is 0 Å². The van der Waals surface area contributed by atoms with Crippen molar-refractivity contribution in [2.24, 2.45) is 11.3 Å². The molecule has 1 saturated heterocycles. The molecule has 6 nitrogen and oxygen atoms in total. The van der Waals surface area contributed by atoms with Crippen molar-refractivity contribution in [1.82, 2.24) is 15.4 Å². The molecule has 1 saturated carbocycles. The lowest BCUT2D eigenvalue weighted by atomic mass is 9.57. The smallest absolute Gasteiger partial charge is 0.150 e. The van der Waals surface area contributed by atoms with Gasteiger partial charge in [-0.3, -0.25) is 4.90 Å². The quantitative estimate of drug-likeness (QED) is 0.735. The van der Waals surface area contributed by atoms with E-state index in [9.17, 15) is 0 Å². The van der Waals surface area contributed by atoms with Crippen molar-refractivity contribution in [3.05, 3.63) is 47.3 Å². The first-order valence-corrected chi connectivity index (χ1v) is 10.7. The van der Waals surface area contributed by atoms with E-state index in [1.165, 1.54) is 12.0 Å². The number of methoxy groups -OCH3 is 1. The van der Waals surface area contributed by atoms with Gasteiger partial charge in [0.2, 0.25) is 0 Å². The molecule has 1 aromatic carbocycles. The van der Waals surface area contributed by atoms with Crippen LogP contribution in [0.25, 0.3) is 0 Å². The van der Waals surface area contributed by atoms with Gasteiger partial charge in [-0.1, -0.05) is 31.1 Å². The van der Waals surface area contributed by atoms with E-state index in [1.807, 2.05) is 12.1 Å². The fourth-order valence-corrected chi connectivity index (χ4v) is 4.45. The maximum Gasteiger partial charge on any atom is 0.150 e. The summed E-state index contributed by atoms with van der Waals surface area (Å²) < 4.78 is 16.2. The number of ether oxygens (including phenoxy) is 2. The molecular weight excluding hydrogens is 366 g/mol. The standard InChI is InChI=1S/C23H33N3O3/c1-23(2)18(13-22(23)24-15-17-4-6-20(27-3)7-5-17)12-19-14-21(29-25-19)16-26-8-10-28-11-9-26/h4-7,14,18,22,24H,8-13,15-16H2,1-3H3/t18-,22+/m1/s1. The van der Waals surface area contributed by atoms with Crippen LogP contribution in [-0.4, -0.2) is 49.5 Å². The molecular formula is C23H33N3O3. The second kappa shape index (κ2) is 8.86. The molecule has 2 atom stereocenters. The van der Waals surface area contributed by atoms with E-state index in [2.05, 4.69) is 47.4 Å². The highest BCUT2D eigenvalue weighted by atomic mass is 16.5. The predicted octanol–water partition coefficient (Wildman–Crippen LogP) is 3.26. The molecule has 6 heteroatoms. The Balaban J connectivity index is 1.25. The van der Waals surface area contributed by atoms with Crippen molar-refractivity contribution >= 4 is 0 Å². The topological polar surface area (TPSA) is 59.8 Å². The van der Waals surface area contributed by atoms with Crippen molar-refractivity contribution < 1.29 is 14.0 Å². The van der Waals surface area contributed by atoms with Gasteiger partial charge in [-0.2, -0.15) is 0 Å². The molecule has 0 radical (unpaired) electrons. The molecule has 0 unspecified atom stereocenters. The first-order chi connectivity index (χ1) is 14.0. The number of nitrogens with zero attached hydrogens (tertiary/aromatic N) is 2. The second-order valence-corrected chi connectivity index (χ2v) is 8.91. The molecule has 2 fully saturated rings. The van der Waals surface area contributed by atoms with Crippen molar-refractivity contribution in [2.45, 2.75) is 45.8 Å². The Morgan fingerprint density at radius 1 is 1.21 bits per heavy atom. The molecule has 4 rings (SSSR count). The normalized spacial score (nSPS) is 24.2. The molecule has 0 spiro atoms. The van der Waals surface area contributed by atoms with Gasteiger partial charge in [0.1, 0.15) is 5.75 Å². The number of benzene rings is 1. The molecule has 1 aliphatic carbocycles. The molecule has 158 valence electrons.